The van der Waals surface area contributed by atoms with Crippen molar-refractivity contribution < 1.29 is 22.5 Å². The van der Waals surface area contributed by atoms with Crippen LogP contribution in [0.3, 0.4) is 0 Å². The van der Waals surface area contributed by atoms with Gasteiger partial charge in [0.05, 0.1) is 16.3 Å². The van der Waals surface area contributed by atoms with Gasteiger partial charge in [0.1, 0.15) is 11.3 Å². The van der Waals surface area contributed by atoms with Crippen LogP contribution in [0.25, 0.3) is 0 Å². The maximum Gasteiger partial charge on any atom is 0.417 e. The Morgan fingerprint density at radius 2 is 2.24 bits per heavy atom. The SMILES string of the molecule is O=C(CSc1ncc(C(F)(F)F)cc1Cl)Nc1ccon1. The molecule has 2 rings (SSSR count). The zero-order valence-electron chi connectivity index (χ0n) is 10.1. The second-order valence-corrected chi connectivity index (χ2v) is 5.10. The predicted octanol–water partition coefficient (Wildman–Crippen LogP) is 3.47. The minimum Gasteiger partial charge on any atom is -0.363 e. The van der Waals surface area contributed by atoms with Crippen molar-refractivity contribution in [2.45, 2.75) is 11.2 Å². The van der Waals surface area contributed by atoms with Gasteiger partial charge in [-0.15, -0.1) is 0 Å². The number of alkyl halides is 3. The van der Waals surface area contributed by atoms with Crippen molar-refractivity contribution in [3.8, 4) is 0 Å². The van der Waals surface area contributed by atoms with E-state index in [1.54, 1.807) is 0 Å². The summed E-state index contributed by atoms with van der Waals surface area (Å²) >= 11 is 6.63. The van der Waals surface area contributed by atoms with Gasteiger partial charge < -0.3 is 9.84 Å². The van der Waals surface area contributed by atoms with Crippen molar-refractivity contribution in [3.05, 3.63) is 35.2 Å². The van der Waals surface area contributed by atoms with Crippen LogP contribution in [0.4, 0.5) is 19.0 Å². The number of hydrogen-bond donors (Lipinski definition) is 1. The Bertz CT molecular complexity index is 634. The zero-order chi connectivity index (χ0) is 15.5. The van der Waals surface area contributed by atoms with Gasteiger partial charge >= 0.3 is 6.18 Å². The highest BCUT2D eigenvalue weighted by Gasteiger charge is 2.31. The largest absolute Gasteiger partial charge is 0.417 e. The molecule has 0 aromatic carbocycles. The highest BCUT2D eigenvalue weighted by Crippen LogP contribution is 2.33. The summed E-state index contributed by atoms with van der Waals surface area (Å²) in [6, 6.07) is 2.22. The van der Waals surface area contributed by atoms with E-state index in [9.17, 15) is 18.0 Å². The average Bonchev–Trinajstić information content (AvgIpc) is 2.89. The molecule has 1 amide bonds. The van der Waals surface area contributed by atoms with Crippen LogP contribution in [0.2, 0.25) is 5.02 Å². The summed E-state index contributed by atoms with van der Waals surface area (Å²) in [5.41, 5.74) is -0.941. The van der Waals surface area contributed by atoms with E-state index in [4.69, 9.17) is 11.6 Å². The monoisotopic (exact) mass is 337 g/mol. The lowest BCUT2D eigenvalue weighted by atomic mass is 10.3. The van der Waals surface area contributed by atoms with Gasteiger partial charge in [-0.2, -0.15) is 13.2 Å². The number of anilines is 1. The van der Waals surface area contributed by atoms with Gasteiger partial charge in [-0.25, -0.2) is 4.98 Å². The van der Waals surface area contributed by atoms with Crippen molar-refractivity contribution in [2.75, 3.05) is 11.1 Å². The van der Waals surface area contributed by atoms with Crippen molar-refractivity contribution >= 4 is 35.1 Å². The van der Waals surface area contributed by atoms with Gasteiger partial charge in [0.2, 0.25) is 5.91 Å². The van der Waals surface area contributed by atoms with E-state index in [1.165, 1.54) is 12.3 Å². The summed E-state index contributed by atoms with van der Waals surface area (Å²) in [5, 5.41) is 5.89. The molecule has 2 aromatic rings. The summed E-state index contributed by atoms with van der Waals surface area (Å²) in [7, 11) is 0. The topological polar surface area (TPSA) is 68.0 Å². The number of hydrogen-bond acceptors (Lipinski definition) is 5. The first-order valence-electron chi connectivity index (χ1n) is 5.42. The summed E-state index contributed by atoms with van der Waals surface area (Å²) in [6.07, 6.45) is -2.55. The van der Waals surface area contributed by atoms with E-state index >= 15 is 0 Å². The molecule has 0 atom stereocenters. The first kappa shape index (κ1) is 15.6. The molecule has 1 N–H and O–H groups in total. The number of carbonyl (C=O) groups is 1. The molecule has 112 valence electrons. The summed E-state index contributed by atoms with van der Waals surface area (Å²) < 4.78 is 41.9. The first-order chi connectivity index (χ1) is 9.86. The highest BCUT2D eigenvalue weighted by atomic mass is 35.5. The van der Waals surface area contributed by atoms with Crippen LogP contribution in [-0.2, 0) is 11.0 Å². The van der Waals surface area contributed by atoms with E-state index in [0.29, 0.717) is 6.20 Å². The number of rotatable bonds is 4. The number of carbonyl (C=O) groups excluding carboxylic acids is 1. The van der Waals surface area contributed by atoms with E-state index in [1.807, 2.05) is 0 Å². The fourth-order valence-corrected chi connectivity index (χ4v) is 2.27. The third kappa shape index (κ3) is 4.36. The van der Waals surface area contributed by atoms with E-state index in [-0.39, 0.29) is 21.6 Å². The number of pyridine rings is 1. The molecule has 0 aliphatic heterocycles. The van der Waals surface area contributed by atoms with Crippen LogP contribution >= 0.6 is 23.4 Å². The Balaban J connectivity index is 1.96. The third-order valence-electron chi connectivity index (χ3n) is 2.18. The molecule has 0 unspecified atom stereocenters. The van der Waals surface area contributed by atoms with Gasteiger partial charge in [0, 0.05) is 12.3 Å². The number of aromatic nitrogens is 2. The third-order valence-corrected chi connectivity index (χ3v) is 3.59. The lowest BCUT2D eigenvalue weighted by Crippen LogP contribution is -2.14. The average molecular weight is 338 g/mol. The van der Waals surface area contributed by atoms with Crippen molar-refractivity contribution in [2.24, 2.45) is 0 Å². The minimum absolute atomic E-state index is 0.0784. The van der Waals surface area contributed by atoms with Crippen molar-refractivity contribution in [3.63, 3.8) is 0 Å². The quantitative estimate of drug-likeness (QED) is 0.865. The van der Waals surface area contributed by atoms with Crippen LogP contribution in [0.1, 0.15) is 5.56 Å². The fraction of sp³-hybridized carbons (Fsp3) is 0.182. The Morgan fingerprint density at radius 1 is 1.48 bits per heavy atom. The highest BCUT2D eigenvalue weighted by molar-refractivity contribution is 8.00. The second-order valence-electron chi connectivity index (χ2n) is 3.73. The molecule has 0 fully saturated rings. The molecule has 0 aliphatic rings. The van der Waals surface area contributed by atoms with Gasteiger partial charge in [0.25, 0.3) is 0 Å². The molecule has 0 saturated heterocycles. The fourth-order valence-electron chi connectivity index (χ4n) is 1.28. The molecule has 0 bridgehead atoms. The second kappa shape index (κ2) is 6.35. The van der Waals surface area contributed by atoms with E-state index in [2.05, 4.69) is 20.0 Å². The normalized spacial score (nSPS) is 11.4. The maximum absolute atomic E-state index is 12.4. The van der Waals surface area contributed by atoms with E-state index < -0.39 is 17.6 Å². The zero-order valence-corrected chi connectivity index (χ0v) is 11.7. The number of thioether (sulfide) groups is 1. The van der Waals surface area contributed by atoms with Crippen LogP contribution in [0.15, 0.2) is 34.1 Å². The Kier molecular flexibility index (Phi) is 4.73. The molecular weight excluding hydrogens is 331 g/mol. The van der Waals surface area contributed by atoms with Crippen LogP contribution in [0.5, 0.6) is 0 Å². The Hall–Kier alpha value is -1.74. The molecule has 10 heteroatoms. The first-order valence-corrected chi connectivity index (χ1v) is 6.78. The van der Waals surface area contributed by atoms with Crippen LogP contribution < -0.4 is 5.32 Å². The number of amides is 1. The van der Waals surface area contributed by atoms with Gasteiger partial charge in [0.15, 0.2) is 5.82 Å². The molecule has 2 aromatic heterocycles. The molecule has 21 heavy (non-hydrogen) atoms. The van der Waals surface area contributed by atoms with Gasteiger partial charge in [-0.05, 0) is 6.07 Å². The molecule has 0 aliphatic carbocycles. The standard InChI is InChI=1S/C11H7ClF3N3O2S/c12-7-3-6(11(13,14)15)4-16-10(7)21-5-9(19)17-8-1-2-20-18-8/h1-4H,5H2,(H,17,18,19). The Morgan fingerprint density at radius 3 is 2.81 bits per heavy atom. The lowest BCUT2D eigenvalue weighted by molar-refractivity contribution is -0.137. The molecule has 5 nitrogen and oxygen atoms in total. The molecule has 0 radical (unpaired) electrons. The maximum atomic E-state index is 12.4. The predicted molar refractivity (Wildman–Crippen MR) is 70.1 cm³/mol. The molecule has 0 saturated carbocycles. The van der Waals surface area contributed by atoms with Gasteiger partial charge in [-0.1, -0.05) is 28.5 Å². The van der Waals surface area contributed by atoms with Gasteiger partial charge in [-0.3, -0.25) is 4.79 Å². The summed E-state index contributed by atoms with van der Waals surface area (Å²) in [6.45, 7) is 0. The molecule has 0 spiro atoms. The van der Waals surface area contributed by atoms with E-state index in [0.717, 1.165) is 17.8 Å². The minimum atomic E-state index is -4.51. The number of nitrogens with zero attached hydrogens (tertiary/aromatic N) is 2. The molecule has 2 heterocycles. The molecular formula is C11H7ClF3N3O2S. The lowest BCUT2D eigenvalue weighted by Gasteiger charge is -2.08. The van der Waals surface area contributed by atoms with Crippen LogP contribution in [-0.4, -0.2) is 21.8 Å². The van der Waals surface area contributed by atoms with Crippen molar-refractivity contribution in [1.29, 1.82) is 0 Å². The van der Waals surface area contributed by atoms with Crippen LogP contribution in [0, 0.1) is 0 Å². The van der Waals surface area contributed by atoms with Crippen molar-refractivity contribution in [1.82, 2.24) is 10.1 Å². The summed E-state index contributed by atoms with van der Waals surface area (Å²) in [4.78, 5) is 15.2. The number of nitrogens with one attached hydrogen (secondary N) is 1. The smallest absolute Gasteiger partial charge is 0.363 e. The summed E-state index contributed by atoms with van der Waals surface area (Å²) in [5.74, 6) is -0.246. The Labute approximate surface area is 125 Å². The number of halogens is 4.